The molecule has 0 spiro atoms. The highest BCUT2D eigenvalue weighted by Crippen LogP contribution is 2.40. The number of aryl methyl sites for hydroxylation is 2. The molecular weight excluding hydrogens is 514 g/mol. The maximum atomic E-state index is 13.5. The highest BCUT2D eigenvalue weighted by Gasteiger charge is 2.35. The van der Waals surface area contributed by atoms with Gasteiger partial charge in [-0.25, -0.2) is 9.78 Å². The Morgan fingerprint density at radius 2 is 1.87 bits per heavy atom. The lowest BCUT2D eigenvalue weighted by molar-refractivity contribution is 0.135. The molecule has 1 amide bonds. The van der Waals surface area contributed by atoms with Crippen molar-refractivity contribution < 1.29 is 14.3 Å². The van der Waals surface area contributed by atoms with Crippen LogP contribution < -0.4 is 9.47 Å². The summed E-state index contributed by atoms with van der Waals surface area (Å²) in [6, 6.07) is 20.9. The van der Waals surface area contributed by atoms with Gasteiger partial charge in [0.15, 0.2) is 0 Å². The molecule has 0 aliphatic carbocycles. The second kappa shape index (κ2) is 10.8. The van der Waals surface area contributed by atoms with Crippen LogP contribution >= 0.6 is 11.6 Å². The van der Waals surface area contributed by atoms with Gasteiger partial charge in [0.2, 0.25) is 0 Å². The molecule has 5 aromatic rings. The van der Waals surface area contributed by atoms with Crippen LogP contribution in [0, 0.1) is 6.92 Å². The molecule has 0 unspecified atom stereocenters. The smallest absolute Gasteiger partial charge is 0.416 e. The normalized spacial score (nSPS) is 14.8. The number of carbonyl (C=O) groups is 1. The van der Waals surface area contributed by atoms with E-state index in [1.54, 1.807) is 15.9 Å². The van der Waals surface area contributed by atoms with E-state index in [0.29, 0.717) is 30.3 Å². The first-order valence-electron chi connectivity index (χ1n) is 13.0. The molecular formula is C30H28ClN5O3. The summed E-state index contributed by atoms with van der Waals surface area (Å²) >= 11 is 6.33. The number of hydrogen-bond acceptors (Lipinski definition) is 5. The Balaban J connectivity index is 1.26. The first-order chi connectivity index (χ1) is 19.0. The predicted molar refractivity (Wildman–Crippen MR) is 149 cm³/mol. The predicted octanol–water partition coefficient (Wildman–Crippen LogP) is 6.34. The fraction of sp³-hybridized carbons (Fsp3) is 0.233. The zero-order valence-electron chi connectivity index (χ0n) is 21.5. The lowest BCUT2D eigenvalue weighted by Gasteiger charge is -2.35. The third-order valence-corrected chi connectivity index (χ3v) is 7.25. The average Bonchev–Trinajstić information content (AvgIpc) is 3.60. The standard InChI is InChI=1S/C30H28ClN5O3/c1-20-3-8-24(9-4-20)39-30(37)36-15-13-25-26-17-22(31)7-12-27(26)34-28(25)29(36)21-5-10-23(11-6-21)38-16-2-14-35-19-32-18-33-35/h3-12,17-19,29,34H,2,13-16H2,1H3/t29-/m0/s1. The number of fused-ring (bicyclic) bond motifs is 3. The zero-order valence-corrected chi connectivity index (χ0v) is 22.3. The van der Waals surface area contributed by atoms with Crippen molar-refractivity contribution in [2.24, 2.45) is 0 Å². The van der Waals surface area contributed by atoms with E-state index in [4.69, 9.17) is 21.1 Å². The summed E-state index contributed by atoms with van der Waals surface area (Å²) in [4.78, 5) is 22.8. The number of nitrogens with zero attached hydrogens (tertiary/aromatic N) is 4. The molecule has 0 fully saturated rings. The van der Waals surface area contributed by atoms with Crippen molar-refractivity contribution in [3.8, 4) is 11.5 Å². The maximum Gasteiger partial charge on any atom is 0.416 e. The molecule has 0 saturated heterocycles. The van der Waals surface area contributed by atoms with Crippen LogP contribution in [-0.4, -0.2) is 43.9 Å². The number of amides is 1. The minimum atomic E-state index is -0.389. The Morgan fingerprint density at radius 3 is 2.64 bits per heavy atom. The van der Waals surface area contributed by atoms with Crippen molar-refractivity contribution >= 4 is 28.6 Å². The van der Waals surface area contributed by atoms with Crippen molar-refractivity contribution in [1.29, 1.82) is 0 Å². The number of aromatic nitrogens is 4. The van der Waals surface area contributed by atoms with Crippen LogP contribution in [0.5, 0.6) is 11.5 Å². The number of halogens is 1. The maximum absolute atomic E-state index is 13.5. The van der Waals surface area contributed by atoms with Gasteiger partial charge in [-0.15, -0.1) is 0 Å². The molecule has 0 saturated carbocycles. The number of ether oxygens (including phenoxy) is 2. The molecule has 3 aromatic carbocycles. The van der Waals surface area contributed by atoms with Gasteiger partial charge < -0.3 is 14.5 Å². The van der Waals surface area contributed by atoms with Crippen LogP contribution in [0.15, 0.2) is 79.4 Å². The molecule has 0 bridgehead atoms. The second-order valence-electron chi connectivity index (χ2n) is 9.66. The molecule has 1 aliphatic rings. The second-order valence-corrected chi connectivity index (χ2v) is 10.1. The molecule has 6 rings (SSSR count). The molecule has 39 heavy (non-hydrogen) atoms. The molecule has 0 radical (unpaired) electrons. The van der Waals surface area contributed by atoms with E-state index in [1.807, 2.05) is 73.7 Å². The van der Waals surface area contributed by atoms with E-state index in [9.17, 15) is 4.79 Å². The first-order valence-corrected chi connectivity index (χ1v) is 13.3. The number of H-pyrrole nitrogens is 1. The van der Waals surface area contributed by atoms with Crippen molar-refractivity contribution in [3.63, 3.8) is 0 Å². The summed E-state index contributed by atoms with van der Waals surface area (Å²) < 4.78 is 13.5. The average molecular weight is 542 g/mol. The molecule has 1 aliphatic heterocycles. The van der Waals surface area contributed by atoms with Gasteiger partial charge >= 0.3 is 6.09 Å². The van der Waals surface area contributed by atoms with E-state index in [2.05, 4.69) is 15.1 Å². The van der Waals surface area contributed by atoms with Gasteiger partial charge in [-0.1, -0.05) is 41.4 Å². The highest BCUT2D eigenvalue weighted by molar-refractivity contribution is 6.31. The summed E-state index contributed by atoms with van der Waals surface area (Å²) in [6.45, 7) is 3.82. The molecule has 198 valence electrons. The van der Waals surface area contributed by atoms with Gasteiger partial charge in [0, 0.05) is 41.1 Å². The number of hydrogen-bond donors (Lipinski definition) is 1. The monoisotopic (exact) mass is 541 g/mol. The Hall–Kier alpha value is -4.30. The summed E-state index contributed by atoms with van der Waals surface area (Å²) in [5, 5.41) is 5.88. The third kappa shape index (κ3) is 5.33. The number of aromatic amines is 1. The van der Waals surface area contributed by atoms with Crippen LogP contribution in [0.4, 0.5) is 4.79 Å². The SMILES string of the molecule is Cc1ccc(OC(=O)N2CCc3c([nH]c4ccc(Cl)cc34)[C@@H]2c2ccc(OCCCn3cncn3)cc2)cc1. The van der Waals surface area contributed by atoms with Crippen LogP contribution in [-0.2, 0) is 13.0 Å². The minimum Gasteiger partial charge on any atom is -0.494 e. The van der Waals surface area contributed by atoms with Crippen LogP contribution in [0.2, 0.25) is 5.02 Å². The zero-order chi connectivity index (χ0) is 26.8. The van der Waals surface area contributed by atoms with Gasteiger partial charge in [-0.05, 0) is 66.9 Å². The molecule has 1 atom stereocenters. The van der Waals surface area contributed by atoms with E-state index in [-0.39, 0.29) is 12.1 Å². The summed E-state index contributed by atoms with van der Waals surface area (Å²) in [6.07, 6.45) is 4.34. The molecule has 1 N–H and O–H groups in total. The van der Waals surface area contributed by atoms with E-state index in [0.717, 1.165) is 46.4 Å². The molecule has 9 heteroatoms. The van der Waals surface area contributed by atoms with E-state index >= 15 is 0 Å². The molecule has 8 nitrogen and oxygen atoms in total. The van der Waals surface area contributed by atoms with Crippen LogP contribution in [0.3, 0.4) is 0 Å². The lowest BCUT2D eigenvalue weighted by Crippen LogP contribution is -2.42. The quantitative estimate of drug-likeness (QED) is 0.243. The molecule has 2 aromatic heterocycles. The van der Waals surface area contributed by atoms with Gasteiger partial charge in [-0.2, -0.15) is 5.10 Å². The van der Waals surface area contributed by atoms with Crippen molar-refractivity contribution in [2.75, 3.05) is 13.2 Å². The number of carbonyl (C=O) groups excluding carboxylic acids is 1. The van der Waals surface area contributed by atoms with Gasteiger partial charge in [-0.3, -0.25) is 9.58 Å². The third-order valence-electron chi connectivity index (χ3n) is 7.01. The lowest BCUT2D eigenvalue weighted by atomic mass is 9.92. The Morgan fingerprint density at radius 1 is 1.08 bits per heavy atom. The molecule has 3 heterocycles. The summed E-state index contributed by atoms with van der Waals surface area (Å²) in [5.74, 6) is 1.29. The van der Waals surface area contributed by atoms with Crippen LogP contribution in [0.25, 0.3) is 10.9 Å². The summed E-state index contributed by atoms with van der Waals surface area (Å²) in [5.41, 5.74) is 5.21. The highest BCUT2D eigenvalue weighted by atomic mass is 35.5. The minimum absolute atomic E-state index is 0.348. The summed E-state index contributed by atoms with van der Waals surface area (Å²) in [7, 11) is 0. The Bertz CT molecular complexity index is 1580. The van der Waals surface area contributed by atoms with Crippen molar-refractivity contribution in [2.45, 2.75) is 32.4 Å². The number of nitrogens with one attached hydrogen (secondary N) is 1. The first kappa shape index (κ1) is 25.0. The number of benzene rings is 3. The van der Waals surface area contributed by atoms with Crippen LogP contribution in [0.1, 0.15) is 34.8 Å². The van der Waals surface area contributed by atoms with Gasteiger partial charge in [0.05, 0.1) is 6.61 Å². The largest absolute Gasteiger partial charge is 0.494 e. The van der Waals surface area contributed by atoms with Gasteiger partial charge in [0.25, 0.3) is 0 Å². The van der Waals surface area contributed by atoms with E-state index in [1.165, 1.54) is 11.9 Å². The Labute approximate surface area is 231 Å². The van der Waals surface area contributed by atoms with Crippen molar-refractivity contribution in [1.82, 2.24) is 24.6 Å². The fourth-order valence-corrected chi connectivity index (χ4v) is 5.25. The number of rotatable bonds is 7. The Kier molecular flexibility index (Phi) is 6.94. The van der Waals surface area contributed by atoms with E-state index < -0.39 is 0 Å². The van der Waals surface area contributed by atoms with Crippen molar-refractivity contribution in [3.05, 3.63) is 107 Å². The van der Waals surface area contributed by atoms with Gasteiger partial charge in [0.1, 0.15) is 30.2 Å². The fourth-order valence-electron chi connectivity index (χ4n) is 5.08. The topological polar surface area (TPSA) is 85.3 Å².